The average molecular weight is 345 g/mol. The Balaban J connectivity index is 1.43. The fraction of sp³-hybridized carbons (Fsp3) is 0.500. The molecule has 0 aromatic carbocycles. The molecule has 1 N–H and O–H groups in total. The SMILES string of the molecule is O=c1cc2c(nn1C1CCC(Nc3ccncc3Cl)CC1)CCC2. The summed E-state index contributed by atoms with van der Waals surface area (Å²) in [6.07, 6.45) is 10.5. The van der Waals surface area contributed by atoms with E-state index in [2.05, 4.69) is 15.4 Å². The number of nitrogens with zero attached hydrogens (tertiary/aromatic N) is 3. The molecule has 2 aliphatic rings. The molecule has 24 heavy (non-hydrogen) atoms. The van der Waals surface area contributed by atoms with Gasteiger partial charge in [0, 0.05) is 24.5 Å². The summed E-state index contributed by atoms with van der Waals surface area (Å²) in [5, 5.41) is 8.80. The second-order valence-electron chi connectivity index (χ2n) is 6.76. The van der Waals surface area contributed by atoms with E-state index in [-0.39, 0.29) is 11.6 Å². The van der Waals surface area contributed by atoms with Gasteiger partial charge >= 0.3 is 0 Å². The molecule has 2 aromatic rings. The Morgan fingerprint density at radius 1 is 1.21 bits per heavy atom. The zero-order valence-electron chi connectivity index (χ0n) is 13.5. The summed E-state index contributed by atoms with van der Waals surface area (Å²) in [5.74, 6) is 0. The van der Waals surface area contributed by atoms with Gasteiger partial charge in [-0.3, -0.25) is 9.78 Å². The minimum Gasteiger partial charge on any atom is -0.381 e. The maximum absolute atomic E-state index is 12.4. The summed E-state index contributed by atoms with van der Waals surface area (Å²) in [5.41, 5.74) is 3.27. The van der Waals surface area contributed by atoms with Gasteiger partial charge in [-0.15, -0.1) is 0 Å². The normalized spacial score (nSPS) is 23.0. The minimum atomic E-state index is 0.0595. The van der Waals surface area contributed by atoms with Gasteiger partial charge < -0.3 is 5.32 Å². The van der Waals surface area contributed by atoms with Crippen molar-refractivity contribution in [3.8, 4) is 0 Å². The third-order valence-corrected chi connectivity index (χ3v) is 5.46. The number of fused-ring (bicyclic) bond motifs is 1. The predicted molar refractivity (Wildman–Crippen MR) is 94.7 cm³/mol. The first-order valence-corrected chi connectivity index (χ1v) is 9.06. The first kappa shape index (κ1) is 15.6. The lowest BCUT2D eigenvalue weighted by Gasteiger charge is -2.30. The van der Waals surface area contributed by atoms with Crippen molar-refractivity contribution < 1.29 is 0 Å². The molecule has 1 fully saturated rings. The Morgan fingerprint density at radius 3 is 2.83 bits per heavy atom. The molecule has 0 bridgehead atoms. The number of aryl methyl sites for hydroxylation is 2. The van der Waals surface area contributed by atoms with Gasteiger partial charge in [-0.05, 0) is 56.6 Å². The lowest BCUT2D eigenvalue weighted by molar-refractivity contribution is 0.302. The zero-order chi connectivity index (χ0) is 16.5. The molecule has 126 valence electrons. The molecule has 6 heteroatoms. The van der Waals surface area contributed by atoms with E-state index in [1.54, 1.807) is 23.1 Å². The van der Waals surface area contributed by atoms with Gasteiger partial charge in [0.25, 0.3) is 5.56 Å². The summed E-state index contributed by atoms with van der Waals surface area (Å²) >= 11 is 6.16. The van der Waals surface area contributed by atoms with Crippen LogP contribution in [0, 0.1) is 0 Å². The van der Waals surface area contributed by atoms with Crippen LogP contribution in [-0.4, -0.2) is 20.8 Å². The largest absolute Gasteiger partial charge is 0.381 e. The fourth-order valence-electron chi connectivity index (χ4n) is 3.85. The lowest BCUT2D eigenvalue weighted by Crippen LogP contribution is -2.33. The monoisotopic (exact) mass is 344 g/mol. The van der Waals surface area contributed by atoms with Crippen LogP contribution in [0.2, 0.25) is 5.02 Å². The van der Waals surface area contributed by atoms with Gasteiger partial charge in [-0.1, -0.05) is 11.6 Å². The molecular formula is C18H21ClN4O. The number of halogens is 1. The van der Waals surface area contributed by atoms with E-state index in [0.717, 1.165) is 61.9 Å². The number of rotatable bonds is 3. The third kappa shape index (κ3) is 3.05. The predicted octanol–water partition coefficient (Wildman–Crippen LogP) is 3.38. The quantitative estimate of drug-likeness (QED) is 0.927. The van der Waals surface area contributed by atoms with E-state index in [9.17, 15) is 4.79 Å². The molecule has 2 aromatic heterocycles. The highest BCUT2D eigenvalue weighted by Gasteiger charge is 2.25. The van der Waals surface area contributed by atoms with E-state index >= 15 is 0 Å². The summed E-state index contributed by atoms with van der Waals surface area (Å²) < 4.78 is 1.74. The lowest BCUT2D eigenvalue weighted by atomic mass is 9.91. The number of pyridine rings is 1. The highest BCUT2D eigenvalue weighted by molar-refractivity contribution is 6.33. The van der Waals surface area contributed by atoms with Crippen LogP contribution in [-0.2, 0) is 12.8 Å². The Bertz CT molecular complexity index is 796. The van der Waals surface area contributed by atoms with E-state index in [1.807, 2.05) is 6.07 Å². The minimum absolute atomic E-state index is 0.0595. The molecule has 0 aliphatic heterocycles. The second kappa shape index (κ2) is 6.55. The molecule has 2 aliphatic carbocycles. The van der Waals surface area contributed by atoms with Gasteiger partial charge in [-0.2, -0.15) is 5.10 Å². The van der Waals surface area contributed by atoms with Crippen molar-refractivity contribution in [2.45, 2.75) is 57.0 Å². The number of anilines is 1. The van der Waals surface area contributed by atoms with Crippen LogP contribution in [0.1, 0.15) is 49.4 Å². The van der Waals surface area contributed by atoms with Crippen LogP contribution >= 0.6 is 11.6 Å². The maximum Gasteiger partial charge on any atom is 0.267 e. The van der Waals surface area contributed by atoms with E-state index in [0.29, 0.717) is 11.1 Å². The summed E-state index contributed by atoms with van der Waals surface area (Å²) in [7, 11) is 0. The third-order valence-electron chi connectivity index (χ3n) is 5.16. The first-order valence-electron chi connectivity index (χ1n) is 8.68. The van der Waals surface area contributed by atoms with Gasteiger partial charge in [0.1, 0.15) is 0 Å². The molecule has 0 amide bonds. The van der Waals surface area contributed by atoms with Crippen LogP contribution in [0.3, 0.4) is 0 Å². The van der Waals surface area contributed by atoms with Crippen LogP contribution in [0.25, 0.3) is 0 Å². The number of hydrogen-bond donors (Lipinski definition) is 1. The van der Waals surface area contributed by atoms with E-state index in [4.69, 9.17) is 11.6 Å². The van der Waals surface area contributed by atoms with Crippen molar-refractivity contribution in [3.05, 3.63) is 51.2 Å². The highest BCUT2D eigenvalue weighted by Crippen LogP contribution is 2.31. The van der Waals surface area contributed by atoms with Crippen molar-refractivity contribution in [2.24, 2.45) is 0 Å². The molecule has 0 spiro atoms. The zero-order valence-corrected chi connectivity index (χ0v) is 14.3. The first-order chi connectivity index (χ1) is 11.7. The Labute approximate surface area is 146 Å². The van der Waals surface area contributed by atoms with Crippen molar-refractivity contribution in [1.82, 2.24) is 14.8 Å². The van der Waals surface area contributed by atoms with Crippen molar-refractivity contribution in [3.63, 3.8) is 0 Å². The van der Waals surface area contributed by atoms with Crippen molar-refractivity contribution in [1.29, 1.82) is 0 Å². The summed E-state index contributed by atoms with van der Waals surface area (Å²) in [4.78, 5) is 16.4. The molecular weight excluding hydrogens is 324 g/mol. The smallest absolute Gasteiger partial charge is 0.267 e. The van der Waals surface area contributed by atoms with Crippen LogP contribution < -0.4 is 10.9 Å². The standard InChI is InChI=1S/C18H21ClN4O/c19-15-11-20-9-8-17(15)21-13-4-6-14(7-5-13)23-18(24)10-12-2-1-3-16(12)22-23/h8-11,13-14H,1-7H2,(H,20,21). The Hall–Kier alpha value is -1.88. The number of hydrogen-bond acceptors (Lipinski definition) is 4. The number of aromatic nitrogens is 3. The highest BCUT2D eigenvalue weighted by atomic mass is 35.5. The Morgan fingerprint density at radius 2 is 2.04 bits per heavy atom. The van der Waals surface area contributed by atoms with Crippen LogP contribution in [0.4, 0.5) is 5.69 Å². The van der Waals surface area contributed by atoms with Crippen LogP contribution in [0.15, 0.2) is 29.3 Å². The molecule has 5 nitrogen and oxygen atoms in total. The number of nitrogens with one attached hydrogen (secondary N) is 1. The van der Waals surface area contributed by atoms with Gasteiger partial charge in [0.2, 0.25) is 0 Å². The van der Waals surface area contributed by atoms with E-state index < -0.39 is 0 Å². The fourth-order valence-corrected chi connectivity index (χ4v) is 4.03. The molecule has 0 atom stereocenters. The molecule has 2 heterocycles. The van der Waals surface area contributed by atoms with E-state index in [1.165, 1.54) is 0 Å². The van der Waals surface area contributed by atoms with Crippen molar-refractivity contribution in [2.75, 3.05) is 5.32 Å². The molecule has 0 radical (unpaired) electrons. The summed E-state index contributed by atoms with van der Waals surface area (Å²) in [6.45, 7) is 0. The average Bonchev–Trinajstić information content (AvgIpc) is 3.04. The maximum atomic E-state index is 12.4. The Kier molecular flexibility index (Phi) is 4.27. The molecule has 0 saturated heterocycles. The van der Waals surface area contributed by atoms with Gasteiger partial charge in [-0.25, -0.2) is 4.68 Å². The molecule has 4 rings (SSSR count). The van der Waals surface area contributed by atoms with Crippen LogP contribution in [0.5, 0.6) is 0 Å². The summed E-state index contributed by atoms with van der Waals surface area (Å²) in [6, 6.07) is 4.30. The molecule has 1 saturated carbocycles. The van der Waals surface area contributed by atoms with Gasteiger partial charge in [0.05, 0.1) is 22.4 Å². The van der Waals surface area contributed by atoms with Gasteiger partial charge in [0.15, 0.2) is 0 Å². The second-order valence-corrected chi connectivity index (χ2v) is 7.17. The van der Waals surface area contributed by atoms with Crippen molar-refractivity contribution >= 4 is 17.3 Å². The molecule has 0 unspecified atom stereocenters. The topological polar surface area (TPSA) is 59.8 Å².